The first kappa shape index (κ1) is 22.3. The summed E-state index contributed by atoms with van der Waals surface area (Å²) in [6.07, 6.45) is 3.06. The van der Waals surface area contributed by atoms with Crippen molar-refractivity contribution in [1.82, 2.24) is 0 Å². The van der Waals surface area contributed by atoms with E-state index in [2.05, 4.69) is 5.32 Å². The van der Waals surface area contributed by atoms with Crippen molar-refractivity contribution in [2.24, 2.45) is 0 Å². The first-order valence-corrected chi connectivity index (χ1v) is 10.6. The highest BCUT2D eigenvalue weighted by Crippen LogP contribution is 2.40. The van der Waals surface area contributed by atoms with E-state index in [1.807, 2.05) is 50.2 Å². The number of ether oxygens (including phenoxy) is 1. The first-order chi connectivity index (χ1) is 15.9. The molecule has 0 unspecified atom stereocenters. The minimum Gasteiger partial charge on any atom is -0.493 e. The summed E-state index contributed by atoms with van der Waals surface area (Å²) >= 11 is 0. The molecule has 4 rings (SSSR count). The summed E-state index contributed by atoms with van der Waals surface area (Å²) in [6, 6.07) is 14.7. The van der Waals surface area contributed by atoms with E-state index < -0.39 is 17.5 Å². The van der Waals surface area contributed by atoms with Crippen molar-refractivity contribution < 1.29 is 22.7 Å². The van der Waals surface area contributed by atoms with Crippen LogP contribution in [0.5, 0.6) is 5.75 Å². The third kappa shape index (κ3) is 4.51. The van der Waals surface area contributed by atoms with Gasteiger partial charge >= 0.3 is 0 Å². The summed E-state index contributed by atoms with van der Waals surface area (Å²) in [7, 11) is 0. The Bertz CT molecular complexity index is 1360. The lowest BCUT2D eigenvalue weighted by molar-refractivity contribution is -0.111. The second-order valence-electron chi connectivity index (χ2n) is 7.64. The van der Waals surface area contributed by atoms with Crippen LogP contribution in [-0.4, -0.2) is 12.5 Å². The molecule has 0 saturated heterocycles. The van der Waals surface area contributed by atoms with Crippen LogP contribution < -0.4 is 10.1 Å². The molecule has 1 aromatic heterocycles. The number of benzene rings is 3. The highest BCUT2D eigenvalue weighted by atomic mass is 19.1. The normalized spacial score (nSPS) is 11.6. The maximum Gasteiger partial charge on any atom is 0.248 e. The molecule has 0 radical (unpaired) electrons. The minimum atomic E-state index is -0.714. The maximum absolute atomic E-state index is 13.9. The molecule has 0 saturated carbocycles. The highest BCUT2D eigenvalue weighted by Gasteiger charge is 2.19. The van der Waals surface area contributed by atoms with Gasteiger partial charge in [-0.2, -0.15) is 0 Å². The van der Waals surface area contributed by atoms with E-state index in [4.69, 9.17) is 9.15 Å². The smallest absolute Gasteiger partial charge is 0.248 e. The molecular formula is C27H23F2NO3. The highest BCUT2D eigenvalue weighted by molar-refractivity contribution is 6.06. The van der Waals surface area contributed by atoms with Crippen LogP contribution in [-0.2, 0) is 4.79 Å². The molecule has 4 nitrogen and oxygen atoms in total. The Morgan fingerprint density at radius 2 is 1.88 bits per heavy atom. The fourth-order valence-corrected chi connectivity index (χ4v) is 3.82. The minimum absolute atomic E-state index is 0.220. The zero-order chi connectivity index (χ0) is 23.5. The summed E-state index contributed by atoms with van der Waals surface area (Å²) in [5, 5.41) is 3.29. The van der Waals surface area contributed by atoms with Gasteiger partial charge in [0.05, 0.1) is 18.6 Å². The van der Waals surface area contributed by atoms with Crippen LogP contribution in [0.2, 0.25) is 0 Å². The van der Waals surface area contributed by atoms with E-state index in [-0.39, 0.29) is 5.69 Å². The van der Waals surface area contributed by atoms with Crippen molar-refractivity contribution in [2.75, 3.05) is 11.9 Å². The topological polar surface area (TPSA) is 51.5 Å². The van der Waals surface area contributed by atoms with Gasteiger partial charge < -0.3 is 14.5 Å². The maximum atomic E-state index is 13.9. The third-order valence-electron chi connectivity index (χ3n) is 5.38. The summed E-state index contributed by atoms with van der Waals surface area (Å²) < 4.78 is 39.2. The average Bonchev–Trinajstić information content (AvgIpc) is 3.23. The zero-order valence-corrected chi connectivity index (χ0v) is 18.5. The Labute approximate surface area is 190 Å². The lowest BCUT2D eigenvalue weighted by Gasteiger charge is -2.15. The number of hydrogen-bond donors (Lipinski definition) is 1. The molecule has 168 valence electrons. The molecular weight excluding hydrogens is 424 g/mol. The first-order valence-electron chi connectivity index (χ1n) is 10.6. The fraction of sp³-hybridized carbons (Fsp3) is 0.148. The molecule has 0 fully saturated rings. The second-order valence-corrected chi connectivity index (χ2v) is 7.64. The predicted octanol–water partition coefficient (Wildman–Crippen LogP) is 7.13. The zero-order valence-electron chi connectivity index (χ0n) is 18.5. The number of hydrogen-bond acceptors (Lipinski definition) is 3. The van der Waals surface area contributed by atoms with Gasteiger partial charge in [-0.15, -0.1) is 0 Å². The summed E-state index contributed by atoms with van der Waals surface area (Å²) in [5.41, 5.74) is 4.56. The van der Waals surface area contributed by atoms with Crippen LogP contribution in [0, 0.1) is 18.6 Å². The van der Waals surface area contributed by atoms with Crippen molar-refractivity contribution in [3.63, 3.8) is 0 Å². The van der Waals surface area contributed by atoms with Crippen LogP contribution in [0.3, 0.4) is 0 Å². The Morgan fingerprint density at radius 1 is 1.12 bits per heavy atom. The number of nitrogens with one attached hydrogen (secondary N) is 1. The summed E-state index contributed by atoms with van der Waals surface area (Å²) in [5.74, 6) is -1.32. The van der Waals surface area contributed by atoms with Crippen LogP contribution in [0.4, 0.5) is 14.5 Å². The van der Waals surface area contributed by atoms with Crippen molar-refractivity contribution in [3.05, 3.63) is 89.7 Å². The number of carbonyl (C=O) groups excluding carboxylic acids is 1. The Kier molecular flexibility index (Phi) is 6.27. The largest absolute Gasteiger partial charge is 0.493 e. The van der Waals surface area contributed by atoms with Gasteiger partial charge in [-0.1, -0.05) is 30.3 Å². The van der Waals surface area contributed by atoms with Gasteiger partial charge in [0.1, 0.15) is 23.0 Å². The fourth-order valence-electron chi connectivity index (χ4n) is 3.82. The molecule has 33 heavy (non-hydrogen) atoms. The van der Waals surface area contributed by atoms with Gasteiger partial charge in [0.2, 0.25) is 5.91 Å². The van der Waals surface area contributed by atoms with E-state index in [9.17, 15) is 13.6 Å². The van der Waals surface area contributed by atoms with Crippen molar-refractivity contribution in [1.29, 1.82) is 0 Å². The van der Waals surface area contributed by atoms with Gasteiger partial charge in [-0.25, -0.2) is 8.78 Å². The quantitative estimate of drug-likeness (QED) is 0.320. The predicted molar refractivity (Wildman–Crippen MR) is 126 cm³/mol. The number of rotatable bonds is 6. The van der Waals surface area contributed by atoms with Crippen LogP contribution in [0.25, 0.3) is 27.7 Å². The number of aryl methyl sites for hydroxylation is 1. The lowest BCUT2D eigenvalue weighted by atomic mass is 9.96. The standard InChI is InChI=1S/C27H23F2NO3/c1-4-32-26-17(3)27-21(22(15-33-27)18-8-6-5-7-9-18)14-20(26)16(2)12-25(31)30-24-13-19(28)10-11-23(24)29/h5-15H,4H2,1-3H3,(H,30,31)/b16-12+. The number of anilines is 1. The number of fused-ring (bicyclic) bond motifs is 1. The van der Waals surface area contributed by atoms with Gasteiger partial charge in [0.25, 0.3) is 0 Å². The van der Waals surface area contributed by atoms with Crippen molar-refractivity contribution in [3.8, 4) is 16.9 Å². The molecule has 3 aromatic carbocycles. The molecule has 0 aliphatic carbocycles. The Hall–Kier alpha value is -3.93. The summed E-state index contributed by atoms with van der Waals surface area (Å²) in [4.78, 5) is 12.6. The SMILES string of the molecule is CCOc1c(/C(C)=C/C(=O)Nc2cc(F)ccc2F)cc2c(-c3ccccc3)coc2c1C. The molecule has 1 N–H and O–H groups in total. The Morgan fingerprint density at radius 3 is 2.61 bits per heavy atom. The van der Waals surface area contributed by atoms with Gasteiger partial charge in [-0.3, -0.25) is 4.79 Å². The molecule has 0 bridgehead atoms. The van der Waals surface area contributed by atoms with E-state index in [0.29, 0.717) is 23.5 Å². The molecule has 1 amide bonds. The average molecular weight is 447 g/mol. The number of carbonyl (C=O) groups is 1. The molecule has 0 atom stereocenters. The molecule has 6 heteroatoms. The second kappa shape index (κ2) is 9.28. The van der Waals surface area contributed by atoms with Gasteiger partial charge in [0.15, 0.2) is 0 Å². The number of furan rings is 1. The van der Waals surface area contributed by atoms with Crippen molar-refractivity contribution in [2.45, 2.75) is 20.8 Å². The summed E-state index contributed by atoms with van der Waals surface area (Å²) in [6.45, 7) is 5.99. The molecule has 0 aliphatic heterocycles. The third-order valence-corrected chi connectivity index (χ3v) is 5.38. The molecule has 0 spiro atoms. The van der Waals surface area contributed by atoms with Gasteiger partial charge in [-0.05, 0) is 50.1 Å². The monoisotopic (exact) mass is 447 g/mol. The van der Waals surface area contributed by atoms with E-state index in [0.717, 1.165) is 45.8 Å². The van der Waals surface area contributed by atoms with E-state index in [1.54, 1.807) is 13.2 Å². The van der Waals surface area contributed by atoms with Crippen molar-refractivity contribution >= 4 is 28.1 Å². The number of halogens is 2. The molecule has 4 aromatic rings. The van der Waals surface area contributed by atoms with Crippen LogP contribution in [0.15, 0.2) is 71.4 Å². The van der Waals surface area contributed by atoms with E-state index in [1.165, 1.54) is 6.08 Å². The number of allylic oxidation sites excluding steroid dienone is 1. The van der Waals surface area contributed by atoms with Crippen LogP contribution >= 0.6 is 0 Å². The van der Waals surface area contributed by atoms with Gasteiger partial charge in [0, 0.05) is 34.2 Å². The Balaban J connectivity index is 1.78. The number of amides is 1. The van der Waals surface area contributed by atoms with Crippen LogP contribution in [0.1, 0.15) is 25.0 Å². The molecule has 1 heterocycles. The molecule has 0 aliphatic rings. The lowest BCUT2D eigenvalue weighted by Crippen LogP contribution is -2.10. The van der Waals surface area contributed by atoms with E-state index >= 15 is 0 Å².